The normalized spacial score (nSPS) is 10.2. The molecule has 0 aliphatic rings. The van der Waals surface area contributed by atoms with Crippen LogP contribution in [0.15, 0.2) is 30.6 Å². The van der Waals surface area contributed by atoms with Crippen LogP contribution in [0.2, 0.25) is 5.02 Å². The molecule has 2 rings (SSSR count). The van der Waals surface area contributed by atoms with Crippen molar-refractivity contribution >= 4 is 29.3 Å². The average molecular weight is 295 g/mol. The molecule has 0 unspecified atom stereocenters. The zero-order valence-corrected chi connectivity index (χ0v) is 11.0. The predicted molar refractivity (Wildman–Crippen MR) is 71.7 cm³/mol. The van der Waals surface area contributed by atoms with Crippen molar-refractivity contribution in [2.75, 3.05) is 5.32 Å². The molecule has 0 aromatic carbocycles. The van der Waals surface area contributed by atoms with Crippen LogP contribution in [0.25, 0.3) is 0 Å². The van der Waals surface area contributed by atoms with E-state index in [-0.39, 0.29) is 18.7 Å². The molecule has 0 radical (unpaired) electrons. The third kappa shape index (κ3) is 3.55. The molecule has 0 fully saturated rings. The van der Waals surface area contributed by atoms with Gasteiger partial charge in [0.25, 0.3) is 5.91 Å². The maximum atomic E-state index is 12.0. The van der Waals surface area contributed by atoms with Crippen molar-refractivity contribution in [2.45, 2.75) is 13.0 Å². The summed E-state index contributed by atoms with van der Waals surface area (Å²) in [7, 11) is 0. The molecule has 104 valence electrons. The number of aryl methyl sites for hydroxylation is 1. The number of rotatable bonds is 5. The number of hydrogen-bond acceptors (Lipinski definition) is 4. The zero-order valence-electron chi connectivity index (χ0n) is 10.3. The predicted octanol–water partition coefficient (Wildman–Crippen LogP) is 1.66. The van der Waals surface area contributed by atoms with Crippen molar-refractivity contribution in [3.05, 3.63) is 41.3 Å². The molecule has 0 saturated heterocycles. The van der Waals surface area contributed by atoms with Gasteiger partial charge in [-0.3, -0.25) is 14.3 Å². The van der Waals surface area contributed by atoms with Crippen LogP contribution in [0.1, 0.15) is 16.9 Å². The van der Waals surface area contributed by atoms with Gasteiger partial charge in [-0.1, -0.05) is 11.6 Å². The van der Waals surface area contributed by atoms with Crippen molar-refractivity contribution in [1.29, 1.82) is 0 Å². The van der Waals surface area contributed by atoms with Gasteiger partial charge >= 0.3 is 5.97 Å². The first-order chi connectivity index (χ1) is 9.56. The molecule has 1 amide bonds. The Hall–Kier alpha value is -2.41. The molecular formula is C12H11ClN4O3. The number of halogens is 1. The van der Waals surface area contributed by atoms with E-state index in [2.05, 4.69) is 15.4 Å². The molecule has 0 aliphatic carbocycles. The number of carboxylic acid groups (broad SMARTS) is 1. The van der Waals surface area contributed by atoms with E-state index in [1.165, 1.54) is 23.1 Å². The standard InChI is InChI=1S/C12H11ClN4O3/c13-8-1-2-10(14-7-8)16-12(20)9-3-5-15-17(9)6-4-11(18)19/h1-3,5,7H,4,6H2,(H,18,19)(H,14,16,20). The van der Waals surface area contributed by atoms with E-state index < -0.39 is 11.9 Å². The van der Waals surface area contributed by atoms with Gasteiger partial charge in [0.15, 0.2) is 0 Å². The number of carbonyl (C=O) groups is 2. The maximum absolute atomic E-state index is 12.0. The first-order valence-electron chi connectivity index (χ1n) is 5.73. The Morgan fingerprint density at radius 1 is 1.35 bits per heavy atom. The van der Waals surface area contributed by atoms with Crippen LogP contribution < -0.4 is 5.32 Å². The van der Waals surface area contributed by atoms with Gasteiger partial charge in [0.05, 0.1) is 18.0 Å². The summed E-state index contributed by atoms with van der Waals surface area (Å²) in [5.41, 5.74) is 0.267. The quantitative estimate of drug-likeness (QED) is 0.874. The van der Waals surface area contributed by atoms with Crippen LogP contribution in [-0.2, 0) is 11.3 Å². The van der Waals surface area contributed by atoms with Crippen molar-refractivity contribution in [1.82, 2.24) is 14.8 Å². The zero-order chi connectivity index (χ0) is 14.5. The molecule has 0 spiro atoms. The minimum atomic E-state index is -0.953. The first-order valence-corrected chi connectivity index (χ1v) is 6.10. The molecule has 2 aromatic heterocycles. The molecule has 20 heavy (non-hydrogen) atoms. The second-order valence-corrected chi connectivity index (χ2v) is 4.34. The van der Waals surface area contributed by atoms with E-state index in [1.807, 2.05) is 0 Å². The van der Waals surface area contributed by atoms with Crippen LogP contribution in [0, 0.1) is 0 Å². The van der Waals surface area contributed by atoms with Crippen molar-refractivity contribution in [3.63, 3.8) is 0 Å². The lowest BCUT2D eigenvalue weighted by atomic mass is 10.3. The highest BCUT2D eigenvalue weighted by atomic mass is 35.5. The van der Waals surface area contributed by atoms with Gasteiger partial charge in [-0.25, -0.2) is 4.98 Å². The average Bonchev–Trinajstić information content (AvgIpc) is 2.87. The fourth-order valence-corrected chi connectivity index (χ4v) is 1.65. The van der Waals surface area contributed by atoms with Crippen LogP contribution in [0.4, 0.5) is 5.82 Å². The highest BCUT2D eigenvalue weighted by molar-refractivity contribution is 6.30. The summed E-state index contributed by atoms with van der Waals surface area (Å²) in [6, 6.07) is 4.68. The van der Waals surface area contributed by atoms with Gasteiger partial charge in [0.1, 0.15) is 11.5 Å². The van der Waals surface area contributed by atoms with Crippen molar-refractivity contribution in [2.24, 2.45) is 0 Å². The van der Waals surface area contributed by atoms with Gasteiger partial charge < -0.3 is 10.4 Å². The molecule has 0 aliphatic heterocycles. The molecule has 2 heterocycles. The molecular weight excluding hydrogens is 284 g/mol. The summed E-state index contributed by atoms with van der Waals surface area (Å²) in [6.45, 7) is 0.124. The number of nitrogens with zero attached hydrogens (tertiary/aromatic N) is 3. The summed E-state index contributed by atoms with van der Waals surface area (Å²) in [4.78, 5) is 26.5. The Morgan fingerprint density at radius 2 is 2.15 bits per heavy atom. The second kappa shape index (κ2) is 6.16. The Bertz CT molecular complexity index is 624. The molecule has 8 heteroatoms. The number of nitrogens with one attached hydrogen (secondary N) is 1. The number of aliphatic carboxylic acids is 1. The third-order valence-corrected chi connectivity index (χ3v) is 2.68. The fourth-order valence-electron chi connectivity index (χ4n) is 1.54. The number of carboxylic acids is 1. The topological polar surface area (TPSA) is 97.1 Å². The molecule has 2 aromatic rings. The smallest absolute Gasteiger partial charge is 0.305 e. The lowest BCUT2D eigenvalue weighted by molar-refractivity contribution is -0.137. The van der Waals surface area contributed by atoms with Crippen LogP contribution >= 0.6 is 11.6 Å². The minimum absolute atomic E-state index is 0.110. The largest absolute Gasteiger partial charge is 0.481 e. The molecule has 0 bridgehead atoms. The van der Waals surface area contributed by atoms with E-state index in [4.69, 9.17) is 16.7 Å². The van der Waals surface area contributed by atoms with Gasteiger partial charge in [-0.05, 0) is 18.2 Å². The summed E-state index contributed by atoms with van der Waals surface area (Å²) >= 11 is 5.70. The van der Waals surface area contributed by atoms with E-state index in [1.54, 1.807) is 12.1 Å². The lowest BCUT2D eigenvalue weighted by Gasteiger charge is -2.07. The first kappa shape index (κ1) is 14.0. The molecule has 7 nitrogen and oxygen atoms in total. The van der Waals surface area contributed by atoms with Gasteiger partial charge in [-0.2, -0.15) is 5.10 Å². The van der Waals surface area contributed by atoms with Gasteiger partial charge in [-0.15, -0.1) is 0 Å². The number of aromatic nitrogens is 3. The highest BCUT2D eigenvalue weighted by Gasteiger charge is 2.13. The van der Waals surface area contributed by atoms with Gasteiger partial charge in [0, 0.05) is 12.4 Å². The minimum Gasteiger partial charge on any atom is -0.481 e. The lowest BCUT2D eigenvalue weighted by Crippen LogP contribution is -2.19. The summed E-state index contributed by atoms with van der Waals surface area (Å²) < 4.78 is 1.33. The van der Waals surface area contributed by atoms with E-state index in [0.717, 1.165) is 0 Å². The molecule has 0 atom stereocenters. The van der Waals surface area contributed by atoms with E-state index in [0.29, 0.717) is 10.8 Å². The number of hydrogen-bond donors (Lipinski definition) is 2. The van der Waals surface area contributed by atoms with E-state index in [9.17, 15) is 9.59 Å². The third-order valence-electron chi connectivity index (χ3n) is 2.46. The Balaban J connectivity index is 2.07. The number of pyridine rings is 1. The molecule has 2 N–H and O–H groups in total. The van der Waals surface area contributed by atoms with Crippen LogP contribution in [0.5, 0.6) is 0 Å². The Labute approximate surface area is 119 Å². The summed E-state index contributed by atoms with van der Waals surface area (Å²) in [5.74, 6) is -1.01. The summed E-state index contributed by atoms with van der Waals surface area (Å²) in [6.07, 6.45) is 2.74. The van der Waals surface area contributed by atoms with Crippen LogP contribution in [0.3, 0.4) is 0 Å². The van der Waals surface area contributed by atoms with Crippen molar-refractivity contribution in [3.8, 4) is 0 Å². The molecule has 0 saturated carbocycles. The number of anilines is 1. The number of amides is 1. The Kier molecular flexibility index (Phi) is 4.31. The van der Waals surface area contributed by atoms with Gasteiger partial charge in [0.2, 0.25) is 0 Å². The SMILES string of the molecule is O=C(O)CCn1nccc1C(=O)Nc1ccc(Cl)cn1. The monoisotopic (exact) mass is 294 g/mol. The van der Waals surface area contributed by atoms with E-state index >= 15 is 0 Å². The maximum Gasteiger partial charge on any atom is 0.305 e. The second-order valence-electron chi connectivity index (χ2n) is 3.90. The van der Waals surface area contributed by atoms with Crippen LogP contribution in [-0.4, -0.2) is 31.7 Å². The Morgan fingerprint density at radius 3 is 2.80 bits per heavy atom. The fraction of sp³-hybridized carbons (Fsp3) is 0.167. The number of carbonyl (C=O) groups excluding carboxylic acids is 1. The highest BCUT2D eigenvalue weighted by Crippen LogP contribution is 2.11. The summed E-state index contributed by atoms with van der Waals surface area (Å²) in [5, 5.41) is 15.6. The van der Waals surface area contributed by atoms with Crippen molar-refractivity contribution < 1.29 is 14.7 Å².